The van der Waals surface area contributed by atoms with Crippen LogP contribution >= 0.6 is 11.3 Å². The van der Waals surface area contributed by atoms with E-state index in [0.717, 1.165) is 26.9 Å². The summed E-state index contributed by atoms with van der Waals surface area (Å²) >= 11 is 1.49. The zero-order valence-electron chi connectivity index (χ0n) is 17.7. The molecule has 0 N–H and O–H groups in total. The highest BCUT2D eigenvalue weighted by molar-refractivity contribution is 7.22. The molecule has 0 saturated carbocycles. The molecule has 1 heterocycles. The molecule has 0 aliphatic rings. The Labute approximate surface area is 189 Å². The Hall–Kier alpha value is -3.84. The van der Waals surface area contributed by atoms with Gasteiger partial charge in [-0.05, 0) is 60.4 Å². The number of non-ortho nitro benzene ring substituents is 1. The molecule has 4 aromatic rings. The van der Waals surface area contributed by atoms with Crippen molar-refractivity contribution in [3.63, 3.8) is 0 Å². The van der Waals surface area contributed by atoms with Gasteiger partial charge in [0.05, 0.1) is 21.7 Å². The molecule has 0 atom stereocenters. The zero-order valence-corrected chi connectivity index (χ0v) is 18.5. The van der Waals surface area contributed by atoms with Crippen LogP contribution in [-0.2, 0) is 11.3 Å². The van der Waals surface area contributed by atoms with Crippen molar-refractivity contribution in [2.45, 2.75) is 20.4 Å². The van der Waals surface area contributed by atoms with E-state index in [-0.39, 0.29) is 11.6 Å². The number of aryl methyl sites for hydroxylation is 2. The normalized spacial score (nSPS) is 11.2. The van der Waals surface area contributed by atoms with Crippen molar-refractivity contribution in [2.24, 2.45) is 0 Å². The van der Waals surface area contributed by atoms with Crippen LogP contribution in [0.5, 0.6) is 0 Å². The van der Waals surface area contributed by atoms with Gasteiger partial charge in [0.15, 0.2) is 5.13 Å². The molecule has 4 rings (SSSR count). The number of hydrogen-bond acceptors (Lipinski definition) is 5. The fourth-order valence-corrected chi connectivity index (χ4v) is 4.33. The van der Waals surface area contributed by atoms with E-state index in [1.807, 2.05) is 50.2 Å². The third kappa shape index (κ3) is 4.58. The van der Waals surface area contributed by atoms with Gasteiger partial charge >= 0.3 is 0 Å². The highest BCUT2D eigenvalue weighted by Gasteiger charge is 2.19. The van der Waals surface area contributed by atoms with Gasteiger partial charge in [-0.25, -0.2) is 4.98 Å². The summed E-state index contributed by atoms with van der Waals surface area (Å²) in [6.45, 7) is 4.48. The quantitative estimate of drug-likeness (QED) is 0.206. The molecule has 0 fully saturated rings. The molecular formula is C25H21N3O3S. The number of fused-ring (bicyclic) bond motifs is 1. The summed E-state index contributed by atoms with van der Waals surface area (Å²) in [4.78, 5) is 30.1. The van der Waals surface area contributed by atoms with E-state index in [1.165, 1.54) is 29.5 Å². The SMILES string of the molecule is Cc1ccc2sc(N(Cc3ccccc3)C(=O)/C=C/c3ccc([N+](=O)[O-])cc3)nc2c1C. The Morgan fingerprint density at radius 3 is 2.47 bits per heavy atom. The Bertz CT molecular complexity index is 1310. The van der Waals surface area contributed by atoms with Crippen LogP contribution in [0.1, 0.15) is 22.3 Å². The van der Waals surface area contributed by atoms with Gasteiger partial charge in [-0.15, -0.1) is 0 Å². The van der Waals surface area contributed by atoms with Crippen LogP contribution in [0.2, 0.25) is 0 Å². The van der Waals surface area contributed by atoms with Gasteiger partial charge in [0.2, 0.25) is 0 Å². The minimum absolute atomic E-state index is 0.0133. The first-order chi connectivity index (χ1) is 15.4. The molecule has 1 amide bonds. The number of hydrogen-bond donors (Lipinski definition) is 0. The molecule has 1 aromatic heterocycles. The van der Waals surface area contributed by atoms with Crippen LogP contribution in [0.15, 0.2) is 72.8 Å². The molecule has 32 heavy (non-hydrogen) atoms. The Balaban J connectivity index is 1.66. The van der Waals surface area contributed by atoms with Crippen LogP contribution in [0.4, 0.5) is 10.8 Å². The van der Waals surface area contributed by atoms with E-state index in [2.05, 4.69) is 6.07 Å². The average Bonchev–Trinajstić information content (AvgIpc) is 3.24. The standard InChI is InChI=1S/C25H21N3O3S/c1-17-8-14-22-24(18(17)2)26-25(32-22)27(16-20-6-4-3-5-7-20)23(29)15-11-19-9-12-21(13-10-19)28(30)31/h3-15H,16H2,1-2H3/b15-11+. The maximum atomic E-state index is 13.2. The molecule has 0 unspecified atom stereocenters. The van der Waals surface area contributed by atoms with Gasteiger partial charge in [0.25, 0.3) is 11.6 Å². The zero-order chi connectivity index (χ0) is 22.7. The topological polar surface area (TPSA) is 76.3 Å². The highest BCUT2D eigenvalue weighted by atomic mass is 32.1. The molecule has 0 radical (unpaired) electrons. The molecule has 3 aromatic carbocycles. The van der Waals surface area contributed by atoms with Gasteiger partial charge in [0, 0.05) is 18.2 Å². The van der Waals surface area contributed by atoms with Gasteiger partial charge in [-0.2, -0.15) is 0 Å². The molecule has 0 spiro atoms. The summed E-state index contributed by atoms with van der Waals surface area (Å²) in [5.41, 5.74) is 4.90. The lowest BCUT2D eigenvalue weighted by Gasteiger charge is -2.18. The minimum Gasteiger partial charge on any atom is -0.280 e. The summed E-state index contributed by atoms with van der Waals surface area (Å²) < 4.78 is 1.04. The smallest absolute Gasteiger partial charge is 0.269 e. The van der Waals surface area contributed by atoms with Gasteiger partial charge in [-0.3, -0.25) is 19.8 Å². The number of nitro groups is 1. The molecule has 0 saturated heterocycles. The number of anilines is 1. The lowest BCUT2D eigenvalue weighted by molar-refractivity contribution is -0.384. The van der Waals surface area contributed by atoms with Crippen molar-refractivity contribution in [3.05, 3.63) is 105 Å². The van der Waals surface area contributed by atoms with Crippen LogP contribution in [-0.4, -0.2) is 15.8 Å². The molecule has 6 nitrogen and oxygen atoms in total. The number of amides is 1. The van der Waals surface area contributed by atoms with Crippen LogP contribution in [0, 0.1) is 24.0 Å². The first-order valence-electron chi connectivity index (χ1n) is 10.1. The summed E-state index contributed by atoms with van der Waals surface area (Å²) in [6, 6.07) is 20.0. The van der Waals surface area contributed by atoms with Gasteiger partial charge in [0.1, 0.15) is 0 Å². The molecule has 0 aliphatic carbocycles. The van der Waals surface area contributed by atoms with Crippen LogP contribution < -0.4 is 4.90 Å². The second-order valence-electron chi connectivity index (χ2n) is 7.44. The predicted molar refractivity (Wildman–Crippen MR) is 129 cm³/mol. The molecule has 0 bridgehead atoms. The first kappa shape index (κ1) is 21.4. The number of carbonyl (C=O) groups is 1. The van der Waals surface area contributed by atoms with Crippen LogP contribution in [0.3, 0.4) is 0 Å². The van der Waals surface area contributed by atoms with Crippen molar-refractivity contribution in [1.82, 2.24) is 4.98 Å². The monoisotopic (exact) mass is 443 g/mol. The maximum Gasteiger partial charge on any atom is 0.269 e. The van der Waals surface area contributed by atoms with E-state index >= 15 is 0 Å². The number of nitro benzene ring substituents is 1. The van der Waals surface area contributed by atoms with Crippen molar-refractivity contribution in [2.75, 3.05) is 4.90 Å². The first-order valence-corrected chi connectivity index (χ1v) is 10.9. The average molecular weight is 444 g/mol. The minimum atomic E-state index is -0.447. The Morgan fingerprint density at radius 2 is 1.78 bits per heavy atom. The van der Waals surface area contributed by atoms with Crippen molar-refractivity contribution >= 4 is 44.4 Å². The van der Waals surface area contributed by atoms with Crippen molar-refractivity contribution in [1.29, 1.82) is 0 Å². The number of benzene rings is 3. The van der Waals surface area contributed by atoms with Crippen molar-refractivity contribution in [3.8, 4) is 0 Å². The number of nitrogens with zero attached hydrogens (tertiary/aromatic N) is 3. The maximum absolute atomic E-state index is 13.2. The predicted octanol–water partition coefficient (Wildman–Crippen LogP) is 6.07. The fraction of sp³-hybridized carbons (Fsp3) is 0.120. The lowest BCUT2D eigenvalue weighted by atomic mass is 10.1. The molecule has 160 valence electrons. The summed E-state index contributed by atoms with van der Waals surface area (Å²) in [6.07, 6.45) is 3.14. The largest absolute Gasteiger partial charge is 0.280 e. The highest BCUT2D eigenvalue weighted by Crippen LogP contribution is 2.33. The summed E-state index contributed by atoms with van der Waals surface area (Å²) in [5.74, 6) is -0.208. The number of aromatic nitrogens is 1. The number of thiazole rings is 1. The van der Waals surface area contributed by atoms with E-state index < -0.39 is 4.92 Å². The fourth-order valence-electron chi connectivity index (χ4n) is 3.30. The molecular weight excluding hydrogens is 422 g/mol. The van der Waals surface area contributed by atoms with Crippen molar-refractivity contribution < 1.29 is 9.72 Å². The number of carbonyl (C=O) groups excluding carboxylic acids is 1. The third-order valence-electron chi connectivity index (χ3n) is 5.28. The lowest BCUT2D eigenvalue weighted by Crippen LogP contribution is -2.28. The summed E-state index contributed by atoms with van der Waals surface area (Å²) in [5, 5.41) is 11.5. The second kappa shape index (κ2) is 9.11. The number of rotatable bonds is 6. The second-order valence-corrected chi connectivity index (χ2v) is 8.45. The van der Waals surface area contributed by atoms with Gasteiger partial charge < -0.3 is 0 Å². The summed E-state index contributed by atoms with van der Waals surface area (Å²) in [7, 11) is 0. The van der Waals surface area contributed by atoms with Crippen LogP contribution in [0.25, 0.3) is 16.3 Å². The molecule has 0 aliphatic heterocycles. The Kier molecular flexibility index (Phi) is 6.09. The van der Waals surface area contributed by atoms with E-state index in [1.54, 1.807) is 23.1 Å². The van der Waals surface area contributed by atoms with Gasteiger partial charge in [-0.1, -0.05) is 47.7 Å². The third-order valence-corrected chi connectivity index (χ3v) is 6.32. The Morgan fingerprint density at radius 1 is 1.06 bits per heavy atom. The van der Waals surface area contributed by atoms with E-state index in [0.29, 0.717) is 17.2 Å². The van der Waals surface area contributed by atoms with E-state index in [4.69, 9.17) is 4.98 Å². The molecule has 7 heteroatoms. The van der Waals surface area contributed by atoms with E-state index in [9.17, 15) is 14.9 Å².